The first-order chi connectivity index (χ1) is 10.0. The van der Waals surface area contributed by atoms with Crippen molar-refractivity contribution >= 4 is 10.8 Å². The molecule has 0 saturated carbocycles. The summed E-state index contributed by atoms with van der Waals surface area (Å²) in [5.74, 6) is 0. The molecule has 0 unspecified atom stereocenters. The molecular formula is C19H20N2. The van der Waals surface area contributed by atoms with Crippen LogP contribution < -0.4 is 0 Å². The van der Waals surface area contributed by atoms with Crippen LogP contribution in [-0.2, 0) is 5.41 Å². The van der Waals surface area contributed by atoms with Crippen LogP contribution in [0.3, 0.4) is 0 Å². The van der Waals surface area contributed by atoms with Crippen molar-refractivity contribution in [2.45, 2.75) is 45.4 Å². The first kappa shape index (κ1) is 15.1. The van der Waals surface area contributed by atoms with Crippen LogP contribution >= 0.6 is 0 Å². The van der Waals surface area contributed by atoms with Gasteiger partial charge < -0.3 is 0 Å². The average Bonchev–Trinajstić information content (AvgIpc) is 2.50. The van der Waals surface area contributed by atoms with Crippen LogP contribution in [0.4, 0.5) is 0 Å². The molecule has 2 heteroatoms. The molecule has 0 fully saturated rings. The van der Waals surface area contributed by atoms with E-state index in [2.05, 4.69) is 51.1 Å². The van der Waals surface area contributed by atoms with Gasteiger partial charge in [0, 0.05) is 0 Å². The number of fused-ring (bicyclic) bond motifs is 1. The Hall–Kier alpha value is -2.32. The van der Waals surface area contributed by atoms with Gasteiger partial charge >= 0.3 is 0 Å². The third-order valence-corrected chi connectivity index (χ3v) is 4.15. The summed E-state index contributed by atoms with van der Waals surface area (Å²) in [4.78, 5) is 0. The number of benzene rings is 2. The monoisotopic (exact) mass is 276 g/mol. The van der Waals surface area contributed by atoms with E-state index in [4.69, 9.17) is 10.5 Å². The maximum atomic E-state index is 9.15. The second-order valence-corrected chi connectivity index (χ2v) is 6.17. The Labute approximate surface area is 126 Å². The Balaban J connectivity index is 2.52. The Morgan fingerprint density at radius 3 is 2.14 bits per heavy atom. The van der Waals surface area contributed by atoms with Crippen molar-refractivity contribution in [2.24, 2.45) is 0 Å². The maximum absolute atomic E-state index is 9.15. The smallest absolute Gasteiger partial charge is 0.101 e. The van der Waals surface area contributed by atoms with Crippen LogP contribution in [-0.4, -0.2) is 0 Å². The zero-order chi connectivity index (χ0) is 15.5. The van der Waals surface area contributed by atoms with Gasteiger partial charge in [-0.2, -0.15) is 10.5 Å². The molecule has 0 aliphatic carbocycles. The van der Waals surface area contributed by atoms with Gasteiger partial charge in [-0.1, -0.05) is 51.8 Å². The predicted molar refractivity (Wildman–Crippen MR) is 85.9 cm³/mol. The second-order valence-electron chi connectivity index (χ2n) is 6.17. The standard InChI is InChI=1S/C19H20N2/c1-4-5-8-19(2,3)18-7-6-14-9-16(12-20)17(13-21)10-15(14)11-18/h6-7,9-11H,4-5,8H2,1-3H3. The summed E-state index contributed by atoms with van der Waals surface area (Å²) in [6.07, 6.45) is 3.55. The fourth-order valence-corrected chi connectivity index (χ4v) is 2.67. The molecule has 0 heterocycles. The highest BCUT2D eigenvalue weighted by molar-refractivity contribution is 5.86. The van der Waals surface area contributed by atoms with Gasteiger partial charge in [0.1, 0.15) is 12.1 Å². The van der Waals surface area contributed by atoms with Gasteiger partial charge in [0.15, 0.2) is 0 Å². The van der Waals surface area contributed by atoms with E-state index in [1.54, 1.807) is 6.07 Å². The molecule has 0 N–H and O–H groups in total. The Bertz CT molecular complexity index is 742. The van der Waals surface area contributed by atoms with Crippen LogP contribution in [0.5, 0.6) is 0 Å². The number of nitriles is 2. The number of hydrogen-bond donors (Lipinski definition) is 0. The van der Waals surface area contributed by atoms with E-state index in [0.29, 0.717) is 11.1 Å². The predicted octanol–water partition coefficient (Wildman–Crippen LogP) is 5.05. The summed E-state index contributed by atoms with van der Waals surface area (Å²) in [5, 5.41) is 20.3. The van der Waals surface area contributed by atoms with Gasteiger partial charge in [-0.15, -0.1) is 0 Å². The van der Waals surface area contributed by atoms with E-state index in [1.807, 2.05) is 6.07 Å². The van der Waals surface area contributed by atoms with Crippen molar-refractivity contribution in [3.8, 4) is 12.1 Å². The van der Waals surface area contributed by atoms with Crippen LogP contribution in [0.2, 0.25) is 0 Å². The lowest BCUT2D eigenvalue weighted by atomic mass is 9.79. The molecule has 106 valence electrons. The summed E-state index contributed by atoms with van der Waals surface area (Å²) >= 11 is 0. The fourth-order valence-electron chi connectivity index (χ4n) is 2.67. The molecule has 2 aromatic rings. The average molecular weight is 276 g/mol. The molecule has 0 bridgehead atoms. The van der Waals surface area contributed by atoms with Gasteiger partial charge in [-0.3, -0.25) is 0 Å². The topological polar surface area (TPSA) is 47.6 Å². The largest absolute Gasteiger partial charge is 0.192 e. The van der Waals surface area contributed by atoms with E-state index >= 15 is 0 Å². The molecular weight excluding hydrogens is 256 g/mol. The summed E-state index contributed by atoms with van der Waals surface area (Å²) in [7, 11) is 0. The van der Waals surface area contributed by atoms with Gasteiger partial charge in [-0.05, 0) is 40.3 Å². The first-order valence-corrected chi connectivity index (χ1v) is 7.40. The molecule has 0 aliphatic heterocycles. The minimum atomic E-state index is 0.130. The van der Waals surface area contributed by atoms with Gasteiger partial charge in [0.25, 0.3) is 0 Å². The molecule has 0 aliphatic rings. The quantitative estimate of drug-likeness (QED) is 0.784. The van der Waals surface area contributed by atoms with E-state index in [1.165, 1.54) is 18.4 Å². The van der Waals surface area contributed by atoms with Crippen LogP contribution in [0.15, 0.2) is 30.3 Å². The number of nitrogens with zero attached hydrogens (tertiary/aromatic N) is 2. The third-order valence-electron chi connectivity index (χ3n) is 4.15. The molecule has 2 rings (SSSR count). The first-order valence-electron chi connectivity index (χ1n) is 7.40. The summed E-state index contributed by atoms with van der Waals surface area (Å²) < 4.78 is 0. The highest BCUT2D eigenvalue weighted by Crippen LogP contribution is 2.32. The number of hydrogen-bond acceptors (Lipinski definition) is 2. The summed E-state index contributed by atoms with van der Waals surface area (Å²) in [6, 6.07) is 14.2. The molecule has 0 saturated heterocycles. The zero-order valence-electron chi connectivity index (χ0n) is 12.9. The Kier molecular flexibility index (Phi) is 4.29. The summed E-state index contributed by atoms with van der Waals surface area (Å²) in [5.41, 5.74) is 2.32. The Morgan fingerprint density at radius 1 is 0.952 bits per heavy atom. The minimum absolute atomic E-state index is 0.130. The molecule has 0 spiro atoms. The molecule has 0 aromatic heterocycles. The highest BCUT2D eigenvalue weighted by atomic mass is 14.3. The summed E-state index contributed by atoms with van der Waals surface area (Å²) in [6.45, 7) is 6.73. The van der Waals surface area contributed by atoms with E-state index in [0.717, 1.165) is 17.2 Å². The van der Waals surface area contributed by atoms with Gasteiger partial charge in [0.05, 0.1) is 11.1 Å². The zero-order valence-corrected chi connectivity index (χ0v) is 12.9. The van der Waals surface area contributed by atoms with Crippen molar-refractivity contribution in [1.29, 1.82) is 10.5 Å². The van der Waals surface area contributed by atoms with Crippen LogP contribution in [0, 0.1) is 22.7 Å². The molecule has 21 heavy (non-hydrogen) atoms. The number of rotatable bonds is 4. The minimum Gasteiger partial charge on any atom is -0.192 e. The van der Waals surface area contributed by atoms with E-state index < -0.39 is 0 Å². The van der Waals surface area contributed by atoms with E-state index in [9.17, 15) is 0 Å². The third kappa shape index (κ3) is 3.06. The van der Waals surface area contributed by atoms with Gasteiger partial charge in [0.2, 0.25) is 0 Å². The van der Waals surface area contributed by atoms with Crippen LogP contribution in [0.1, 0.15) is 56.7 Å². The molecule has 2 aromatic carbocycles. The Morgan fingerprint density at radius 2 is 1.57 bits per heavy atom. The molecule has 2 nitrogen and oxygen atoms in total. The highest BCUT2D eigenvalue weighted by Gasteiger charge is 2.20. The second kappa shape index (κ2) is 5.98. The fraction of sp³-hybridized carbons (Fsp3) is 0.368. The van der Waals surface area contributed by atoms with Crippen molar-refractivity contribution in [3.63, 3.8) is 0 Å². The van der Waals surface area contributed by atoms with Crippen molar-refractivity contribution in [2.75, 3.05) is 0 Å². The lowest BCUT2D eigenvalue weighted by Gasteiger charge is -2.25. The van der Waals surface area contributed by atoms with Crippen molar-refractivity contribution < 1.29 is 0 Å². The van der Waals surface area contributed by atoms with Crippen LogP contribution in [0.25, 0.3) is 10.8 Å². The number of unbranched alkanes of at least 4 members (excludes halogenated alkanes) is 1. The molecule has 0 radical (unpaired) electrons. The SMILES string of the molecule is CCCCC(C)(C)c1ccc2cc(C#N)c(C#N)cc2c1. The normalized spacial score (nSPS) is 11.1. The maximum Gasteiger partial charge on any atom is 0.101 e. The van der Waals surface area contributed by atoms with Crippen molar-refractivity contribution in [1.82, 2.24) is 0 Å². The van der Waals surface area contributed by atoms with Gasteiger partial charge in [-0.25, -0.2) is 0 Å². The molecule has 0 atom stereocenters. The lowest BCUT2D eigenvalue weighted by Crippen LogP contribution is -2.16. The van der Waals surface area contributed by atoms with Crippen molar-refractivity contribution in [3.05, 3.63) is 47.0 Å². The molecule has 0 amide bonds. The van der Waals surface area contributed by atoms with E-state index in [-0.39, 0.29) is 5.41 Å². The lowest BCUT2D eigenvalue weighted by molar-refractivity contribution is 0.458.